The van der Waals surface area contributed by atoms with Gasteiger partial charge in [-0.05, 0) is 35.4 Å². The maximum atomic E-state index is 12.6. The van der Waals surface area contributed by atoms with Crippen LogP contribution in [0.3, 0.4) is 0 Å². The van der Waals surface area contributed by atoms with E-state index >= 15 is 0 Å². The first-order chi connectivity index (χ1) is 13.9. The van der Waals surface area contributed by atoms with Crippen LogP contribution in [0.1, 0.15) is 10.4 Å². The number of carboxylic acid groups (broad SMARTS) is 1. The third kappa shape index (κ3) is 4.27. The average Bonchev–Trinajstić information content (AvgIpc) is 3.04. The fourth-order valence-electron chi connectivity index (χ4n) is 3.07. The second-order valence-corrected chi connectivity index (χ2v) is 6.38. The number of carbonyl (C=O) groups is 3. The molecule has 2 aromatic rings. The predicted molar refractivity (Wildman–Crippen MR) is 105 cm³/mol. The van der Waals surface area contributed by atoms with E-state index in [-0.39, 0.29) is 36.5 Å². The lowest BCUT2D eigenvalue weighted by molar-refractivity contribution is -0.136. The van der Waals surface area contributed by atoms with Crippen LogP contribution < -0.4 is 5.32 Å². The summed E-state index contributed by atoms with van der Waals surface area (Å²) in [4.78, 5) is 37.1. The van der Waals surface area contributed by atoms with Gasteiger partial charge in [0.2, 0.25) is 0 Å². The van der Waals surface area contributed by atoms with Crippen LogP contribution in [0.25, 0.3) is 11.1 Å². The number of esters is 1. The third-order valence-corrected chi connectivity index (χ3v) is 4.55. The van der Waals surface area contributed by atoms with E-state index in [2.05, 4.69) is 5.32 Å². The number of β-amino-alcohol motifs (C(OH)–C–C–N with tert-alkyl or cyclic N) is 1. The quantitative estimate of drug-likeness (QED) is 0.610. The first kappa shape index (κ1) is 20.1. The standard InChI is InChI=1S/C21H20N2O6/c1-29-21(28)17-12-23(9-10-24)19(25)18(17)22-16-7-5-13(6-8-16)14-3-2-4-15(11-14)20(26)27/h2-8,11,22,24H,9-10,12H2,1H3,(H,26,27). The normalized spacial score (nSPS) is 13.6. The van der Waals surface area contributed by atoms with Crippen LogP contribution in [-0.2, 0) is 14.3 Å². The summed E-state index contributed by atoms with van der Waals surface area (Å²) in [5.41, 5.74) is 2.64. The fourth-order valence-corrected chi connectivity index (χ4v) is 3.07. The van der Waals surface area contributed by atoms with Crippen LogP contribution in [0, 0.1) is 0 Å². The van der Waals surface area contributed by atoms with Gasteiger partial charge in [-0.1, -0.05) is 24.3 Å². The van der Waals surface area contributed by atoms with Crippen LogP contribution in [0.15, 0.2) is 59.8 Å². The maximum absolute atomic E-state index is 12.6. The second-order valence-electron chi connectivity index (χ2n) is 6.38. The van der Waals surface area contributed by atoms with Gasteiger partial charge in [-0.2, -0.15) is 0 Å². The summed E-state index contributed by atoms with van der Waals surface area (Å²) in [5.74, 6) is -2.00. The molecule has 0 spiro atoms. The number of aromatic carboxylic acids is 1. The van der Waals surface area contributed by atoms with Crippen molar-refractivity contribution in [3.63, 3.8) is 0 Å². The summed E-state index contributed by atoms with van der Waals surface area (Å²) in [7, 11) is 1.24. The van der Waals surface area contributed by atoms with E-state index in [0.29, 0.717) is 5.69 Å². The highest BCUT2D eigenvalue weighted by Gasteiger charge is 2.34. The highest BCUT2D eigenvalue weighted by molar-refractivity contribution is 6.08. The largest absolute Gasteiger partial charge is 0.478 e. The minimum absolute atomic E-state index is 0.0640. The molecule has 3 N–H and O–H groups in total. The number of aliphatic hydroxyl groups excluding tert-OH is 1. The molecule has 150 valence electrons. The molecule has 8 nitrogen and oxygen atoms in total. The number of hydrogen-bond donors (Lipinski definition) is 3. The lowest BCUT2D eigenvalue weighted by atomic mass is 10.0. The molecule has 0 radical (unpaired) electrons. The van der Waals surface area contributed by atoms with Crippen LogP contribution >= 0.6 is 0 Å². The molecule has 3 rings (SSSR count). The third-order valence-electron chi connectivity index (χ3n) is 4.55. The van der Waals surface area contributed by atoms with Crippen molar-refractivity contribution in [3.05, 3.63) is 65.4 Å². The molecule has 29 heavy (non-hydrogen) atoms. The first-order valence-electron chi connectivity index (χ1n) is 8.87. The molecule has 0 saturated heterocycles. The minimum atomic E-state index is -1.00. The number of nitrogens with one attached hydrogen (secondary N) is 1. The van der Waals surface area contributed by atoms with Gasteiger partial charge in [0.05, 0.1) is 31.4 Å². The maximum Gasteiger partial charge on any atom is 0.337 e. The molecule has 0 aromatic heterocycles. The van der Waals surface area contributed by atoms with Gasteiger partial charge in [0.1, 0.15) is 5.70 Å². The van der Waals surface area contributed by atoms with E-state index in [9.17, 15) is 14.4 Å². The Morgan fingerprint density at radius 3 is 2.48 bits per heavy atom. The van der Waals surface area contributed by atoms with Crippen LogP contribution in [-0.4, -0.2) is 59.8 Å². The molecule has 2 aromatic carbocycles. The number of carbonyl (C=O) groups excluding carboxylic acids is 2. The van der Waals surface area contributed by atoms with Crippen molar-refractivity contribution in [2.24, 2.45) is 0 Å². The van der Waals surface area contributed by atoms with Gasteiger partial charge in [-0.3, -0.25) is 4.79 Å². The Hall–Kier alpha value is -3.65. The smallest absolute Gasteiger partial charge is 0.337 e. The number of anilines is 1. The van der Waals surface area contributed by atoms with Gasteiger partial charge < -0.3 is 25.2 Å². The Bertz CT molecular complexity index is 981. The SMILES string of the molecule is COC(=O)C1=C(Nc2ccc(-c3cccc(C(=O)O)c3)cc2)C(=O)N(CCO)C1. The van der Waals surface area contributed by atoms with Crippen molar-refractivity contribution in [2.75, 3.05) is 32.1 Å². The van der Waals surface area contributed by atoms with Crippen LogP contribution in [0.5, 0.6) is 0 Å². The summed E-state index contributed by atoms with van der Waals surface area (Å²) >= 11 is 0. The van der Waals surface area contributed by atoms with E-state index in [1.54, 1.807) is 42.5 Å². The summed E-state index contributed by atoms with van der Waals surface area (Å²) < 4.78 is 4.76. The molecule has 0 bridgehead atoms. The molecule has 0 unspecified atom stereocenters. The van der Waals surface area contributed by atoms with E-state index < -0.39 is 17.8 Å². The van der Waals surface area contributed by atoms with Gasteiger partial charge in [0, 0.05) is 12.2 Å². The van der Waals surface area contributed by atoms with Gasteiger partial charge in [-0.15, -0.1) is 0 Å². The fraction of sp³-hybridized carbons (Fsp3) is 0.190. The zero-order valence-corrected chi connectivity index (χ0v) is 15.7. The Labute approximate surface area is 167 Å². The summed E-state index contributed by atoms with van der Waals surface area (Å²) in [5, 5.41) is 21.2. The number of carboxylic acids is 1. The van der Waals surface area contributed by atoms with Crippen molar-refractivity contribution in [1.82, 2.24) is 4.90 Å². The van der Waals surface area contributed by atoms with E-state index in [4.69, 9.17) is 14.9 Å². The molecule has 1 amide bonds. The van der Waals surface area contributed by atoms with E-state index in [1.807, 2.05) is 0 Å². The van der Waals surface area contributed by atoms with Crippen LogP contribution in [0.4, 0.5) is 5.69 Å². The lowest BCUT2D eigenvalue weighted by Crippen LogP contribution is -2.31. The highest BCUT2D eigenvalue weighted by atomic mass is 16.5. The van der Waals surface area contributed by atoms with Gasteiger partial charge in [0.25, 0.3) is 5.91 Å². The Kier molecular flexibility index (Phi) is 5.94. The topological polar surface area (TPSA) is 116 Å². The highest BCUT2D eigenvalue weighted by Crippen LogP contribution is 2.26. The zero-order chi connectivity index (χ0) is 21.0. The number of nitrogens with zero attached hydrogens (tertiary/aromatic N) is 1. The summed E-state index contributed by atoms with van der Waals surface area (Å²) in [6, 6.07) is 13.6. The van der Waals surface area contributed by atoms with E-state index in [1.165, 1.54) is 18.1 Å². The van der Waals surface area contributed by atoms with Crippen molar-refractivity contribution in [3.8, 4) is 11.1 Å². The molecule has 8 heteroatoms. The van der Waals surface area contributed by atoms with Crippen LogP contribution in [0.2, 0.25) is 0 Å². The number of methoxy groups -OCH3 is 1. The monoisotopic (exact) mass is 396 g/mol. The average molecular weight is 396 g/mol. The van der Waals surface area contributed by atoms with E-state index in [0.717, 1.165) is 11.1 Å². The minimum Gasteiger partial charge on any atom is -0.478 e. The Morgan fingerprint density at radius 1 is 1.14 bits per heavy atom. The van der Waals surface area contributed by atoms with Gasteiger partial charge >= 0.3 is 11.9 Å². The Morgan fingerprint density at radius 2 is 1.86 bits per heavy atom. The predicted octanol–water partition coefficient (Wildman–Crippen LogP) is 1.73. The number of hydrogen-bond acceptors (Lipinski definition) is 6. The summed E-state index contributed by atoms with van der Waals surface area (Å²) in [6.07, 6.45) is 0. The molecule has 0 atom stereocenters. The number of benzene rings is 2. The first-order valence-corrected chi connectivity index (χ1v) is 8.87. The van der Waals surface area contributed by atoms with Gasteiger partial charge in [-0.25, -0.2) is 9.59 Å². The zero-order valence-electron chi connectivity index (χ0n) is 15.7. The van der Waals surface area contributed by atoms with Gasteiger partial charge in [0.15, 0.2) is 0 Å². The molecule has 0 aliphatic carbocycles. The van der Waals surface area contributed by atoms with Crippen molar-refractivity contribution in [2.45, 2.75) is 0 Å². The molecule has 1 heterocycles. The van der Waals surface area contributed by atoms with Crippen molar-refractivity contribution >= 4 is 23.5 Å². The number of amides is 1. The van der Waals surface area contributed by atoms with Crippen molar-refractivity contribution in [1.29, 1.82) is 0 Å². The molecular weight excluding hydrogens is 376 g/mol. The Balaban J connectivity index is 1.84. The molecule has 0 fully saturated rings. The number of ether oxygens (including phenoxy) is 1. The summed E-state index contributed by atoms with van der Waals surface area (Å²) in [6.45, 7) is -0.0323. The molecule has 1 aliphatic heterocycles. The van der Waals surface area contributed by atoms with Crippen molar-refractivity contribution < 1.29 is 29.3 Å². The number of rotatable bonds is 7. The molecular formula is C21H20N2O6. The molecule has 1 aliphatic rings. The lowest BCUT2D eigenvalue weighted by Gasteiger charge is -2.15. The second kappa shape index (κ2) is 8.57. The number of aliphatic hydroxyl groups is 1. The molecule has 0 saturated carbocycles.